The van der Waals surface area contributed by atoms with Gasteiger partial charge in [-0.3, -0.25) is 4.98 Å². The van der Waals surface area contributed by atoms with Crippen LogP contribution >= 0.6 is 0 Å². The SMILES string of the molecule is Cc1cc(N2CC3(C2)OCCC3CCOc2cccnc2)n2ncnc2n1.O=C(O)C(F)(F)F.O=C(O)C(F)(F)F. The fourth-order valence-electron chi connectivity index (χ4n) is 4.19. The molecule has 2 aliphatic heterocycles. The summed E-state index contributed by atoms with van der Waals surface area (Å²) in [5.41, 5.74) is 0.864. The van der Waals surface area contributed by atoms with Crippen LogP contribution in [0.3, 0.4) is 0 Å². The molecule has 12 nitrogen and oxygen atoms in total. The van der Waals surface area contributed by atoms with E-state index in [1.165, 1.54) is 0 Å². The second kappa shape index (κ2) is 12.5. The number of hydrogen-bond acceptors (Lipinski definition) is 9. The lowest BCUT2D eigenvalue weighted by Gasteiger charge is -2.51. The number of carboxylic acid groups (broad SMARTS) is 2. The van der Waals surface area contributed by atoms with E-state index in [0.29, 0.717) is 18.3 Å². The number of carbonyl (C=O) groups is 2. The van der Waals surface area contributed by atoms with Crippen LogP contribution < -0.4 is 9.64 Å². The standard InChI is InChI=1S/C19H22N6O2.2C2HF3O2/c1-14-9-17(25-18(23-14)21-13-22-25)24-11-19(12-24)15(5-8-27-19)4-7-26-16-3-2-6-20-10-16;2*3-2(4,5)1(6)7/h2-3,6,9-10,13,15H,4-5,7-8,11-12H2,1H3;2*(H,6,7). The molecule has 0 radical (unpaired) electrons. The molecule has 1 spiro atoms. The Morgan fingerprint density at radius 1 is 1.15 bits per heavy atom. The zero-order chi connectivity index (χ0) is 30.4. The van der Waals surface area contributed by atoms with Gasteiger partial charge in [0, 0.05) is 24.6 Å². The number of halogens is 6. The predicted molar refractivity (Wildman–Crippen MR) is 126 cm³/mol. The number of carboxylic acids is 2. The number of fused-ring (bicyclic) bond motifs is 1. The van der Waals surface area contributed by atoms with Crippen LogP contribution in [0.2, 0.25) is 0 Å². The first-order chi connectivity index (χ1) is 19.1. The molecular weight excluding hydrogens is 570 g/mol. The number of aliphatic carboxylic acids is 2. The Morgan fingerprint density at radius 2 is 1.78 bits per heavy atom. The van der Waals surface area contributed by atoms with Gasteiger partial charge in [0.25, 0.3) is 5.78 Å². The molecule has 41 heavy (non-hydrogen) atoms. The molecule has 18 heteroatoms. The predicted octanol–water partition coefficient (Wildman–Crippen LogP) is 3.16. The van der Waals surface area contributed by atoms with Gasteiger partial charge in [-0.2, -0.15) is 40.9 Å². The van der Waals surface area contributed by atoms with Gasteiger partial charge < -0.3 is 24.6 Å². The molecular formula is C23H24F6N6O6. The molecule has 2 aliphatic rings. The van der Waals surface area contributed by atoms with Gasteiger partial charge in [-0.1, -0.05) is 0 Å². The molecule has 0 aliphatic carbocycles. The van der Waals surface area contributed by atoms with E-state index in [9.17, 15) is 26.3 Å². The molecule has 0 bridgehead atoms. The summed E-state index contributed by atoms with van der Waals surface area (Å²) in [6.07, 6.45) is -3.05. The van der Waals surface area contributed by atoms with Crippen molar-refractivity contribution in [2.24, 2.45) is 5.92 Å². The Kier molecular flexibility index (Phi) is 9.57. The fourth-order valence-corrected chi connectivity index (χ4v) is 4.19. The van der Waals surface area contributed by atoms with E-state index in [1.807, 2.05) is 19.1 Å². The summed E-state index contributed by atoms with van der Waals surface area (Å²) in [4.78, 5) is 32.8. The highest BCUT2D eigenvalue weighted by Crippen LogP contribution is 2.43. The average molecular weight is 594 g/mol. The largest absolute Gasteiger partial charge is 0.492 e. The average Bonchev–Trinajstić information content (AvgIpc) is 3.50. The van der Waals surface area contributed by atoms with Gasteiger partial charge in [0.15, 0.2) is 0 Å². The summed E-state index contributed by atoms with van der Waals surface area (Å²) in [6, 6.07) is 5.89. The van der Waals surface area contributed by atoms with E-state index in [-0.39, 0.29) is 5.60 Å². The van der Waals surface area contributed by atoms with Gasteiger partial charge in [-0.05, 0) is 37.8 Å². The van der Waals surface area contributed by atoms with Crippen molar-refractivity contribution < 1.29 is 55.6 Å². The third kappa shape index (κ3) is 8.15. The van der Waals surface area contributed by atoms with Gasteiger partial charge in [0.05, 0.1) is 25.9 Å². The third-order valence-electron chi connectivity index (χ3n) is 6.06. The Morgan fingerprint density at radius 3 is 2.34 bits per heavy atom. The summed E-state index contributed by atoms with van der Waals surface area (Å²) >= 11 is 0. The minimum atomic E-state index is -5.08. The van der Waals surface area contributed by atoms with Crippen molar-refractivity contribution >= 4 is 23.5 Å². The molecule has 1 unspecified atom stereocenters. The Labute approximate surface area is 227 Å². The topological polar surface area (TPSA) is 152 Å². The lowest BCUT2D eigenvalue weighted by molar-refractivity contribution is -0.193. The van der Waals surface area contributed by atoms with Gasteiger partial charge in [-0.25, -0.2) is 14.6 Å². The molecule has 1 atom stereocenters. The second-order valence-corrected chi connectivity index (χ2v) is 8.91. The Hall–Kier alpha value is -4.22. The maximum Gasteiger partial charge on any atom is 0.490 e. The normalized spacial score (nSPS) is 17.6. The van der Waals surface area contributed by atoms with Crippen LogP contribution in [0.15, 0.2) is 36.9 Å². The summed E-state index contributed by atoms with van der Waals surface area (Å²) in [6.45, 7) is 5.22. The van der Waals surface area contributed by atoms with Crippen LogP contribution in [0.5, 0.6) is 5.75 Å². The highest BCUT2D eigenvalue weighted by Gasteiger charge is 2.53. The van der Waals surface area contributed by atoms with Gasteiger partial charge in [-0.15, -0.1) is 0 Å². The van der Waals surface area contributed by atoms with Crippen molar-refractivity contribution in [1.82, 2.24) is 24.6 Å². The molecule has 2 saturated heterocycles. The summed E-state index contributed by atoms with van der Waals surface area (Å²) < 4.78 is 77.3. The number of alkyl halides is 6. The molecule has 0 amide bonds. The minimum absolute atomic E-state index is 0.0810. The highest BCUT2D eigenvalue weighted by molar-refractivity contribution is 5.73. The van der Waals surface area contributed by atoms with E-state index in [2.05, 4.69) is 31.0 Å². The molecule has 224 valence electrons. The number of hydrogen-bond donors (Lipinski definition) is 2. The zero-order valence-electron chi connectivity index (χ0n) is 21.3. The van der Waals surface area contributed by atoms with E-state index >= 15 is 0 Å². The number of rotatable bonds is 5. The number of anilines is 1. The maximum atomic E-state index is 10.6. The van der Waals surface area contributed by atoms with E-state index in [4.69, 9.17) is 29.3 Å². The molecule has 0 aromatic carbocycles. The van der Waals surface area contributed by atoms with Crippen LogP contribution in [-0.4, -0.2) is 91.0 Å². The van der Waals surface area contributed by atoms with Crippen molar-refractivity contribution in [2.75, 3.05) is 31.2 Å². The zero-order valence-corrected chi connectivity index (χ0v) is 21.3. The van der Waals surface area contributed by atoms with Crippen molar-refractivity contribution in [2.45, 2.75) is 37.7 Å². The lowest BCUT2D eigenvalue weighted by atomic mass is 9.79. The number of nitrogens with zero attached hydrogens (tertiary/aromatic N) is 6. The van der Waals surface area contributed by atoms with Crippen molar-refractivity contribution in [3.8, 4) is 5.75 Å². The first-order valence-corrected chi connectivity index (χ1v) is 11.8. The van der Waals surface area contributed by atoms with E-state index < -0.39 is 24.3 Å². The molecule has 5 rings (SSSR count). The fraction of sp³-hybridized carbons (Fsp3) is 0.478. The number of aryl methyl sites for hydroxylation is 1. The smallest absolute Gasteiger partial charge is 0.490 e. The summed E-state index contributed by atoms with van der Waals surface area (Å²) in [7, 11) is 0. The molecule has 2 fully saturated rings. The minimum Gasteiger partial charge on any atom is -0.492 e. The first-order valence-electron chi connectivity index (χ1n) is 11.8. The molecule has 0 saturated carbocycles. The number of aromatic nitrogens is 5. The monoisotopic (exact) mass is 594 g/mol. The van der Waals surface area contributed by atoms with Crippen molar-refractivity contribution in [3.05, 3.63) is 42.6 Å². The molecule has 5 heterocycles. The maximum absolute atomic E-state index is 10.6. The number of pyridine rings is 1. The lowest BCUT2D eigenvalue weighted by Crippen LogP contribution is -2.65. The highest BCUT2D eigenvalue weighted by atomic mass is 19.4. The van der Waals surface area contributed by atoms with Crippen LogP contribution in [0.4, 0.5) is 32.2 Å². The molecule has 3 aromatic heterocycles. The van der Waals surface area contributed by atoms with Crippen LogP contribution in [0.1, 0.15) is 18.5 Å². The van der Waals surface area contributed by atoms with Crippen LogP contribution in [0, 0.1) is 12.8 Å². The Bertz CT molecular complexity index is 1310. The summed E-state index contributed by atoms with van der Waals surface area (Å²) in [5.74, 6) is -2.53. The van der Waals surface area contributed by atoms with Gasteiger partial charge in [0.2, 0.25) is 0 Å². The second-order valence-electron chi connectivity index (χ2n) is 8.91. The van der Waals surface area contributed by atoms with Crippen molar-refractivity contribution in [3.63, 3.8) is 0 Å². The van der Waals surface area contributed by atoms with Crippen LogP contribution in [-0.2, 0) is 14.3 Å². The number of ether oxygens (including phenoxy) is 2. The van der Waals surface area contributed by atoms with E-state index in [1.54, 1.807) is 23.2 Å². The quantitative estimate of drug-likeness (QED) is 0.419. The molecule has 2 N–H and O–H groups in total. The summed E-state index contributed by atoms with van der Waals surface area (Å²) in [5, 5.41) is 18.6. The third-order valence-corrected chi connectivity index (χ3v) is 6.06. The first kappa shape index (κ1) is 31.3. The molecule has 3 aromatic rings. The van der Waals surface area contributed by atoms with Gasteiger partial charge in [0.1, 0.15) is 23.5 Å². The van der Waals surface area contributed by atoms with Gasteiger partial charge >= 0.3 is 24.3 Å². The Balaban J connectivity index is 0.000000276. The van der Waals surface area contributed by atoms with E-state index in [0.717, 1.165) is 49.8 Å². The van der Waals surface area contributed by atoms with Crippen molar-refractivity contribution in [1.29, 1.82) is 0 Å². The van der Waals surface area contributed by atoms with Crippen LogP contribution in [0.25, 0.3) is 5.78 Å².